The minimum atomic E-state index is -0.00953. The van der Waals surface area contributed by atoms with E-state index in [0.29, 0.717) is 12.6 Å². The van der Waals surface area contributed by atoms with Crippen molar-refractivity contribution in [3.8, 4) is 0 Å². The molecule has 0 saturated carbocycles. The Kier molecular flexibility index (Phi) is 3.47. The summed E-state index contributed by atoms with van der Waals surface area (Å²) in [5.74, 6) is 0. The zero-order chi connectivity index (χ0) is 12.4. The highest BCUT2D eigenvalue weighted by atomic mass is 79.9. The molecule has 4 nitrogen and oxygen atoms in total. The lowest BCUT2D eigenvalue weighted by Gasteiger charge is -2.12. The molecule has 0 aliphatic rings. The molecule has 5 heteroatoms. The third kappa shape index (κ3) is 2.66. The second kappa shape index (κ2) is 4.87. The third-order valence-electron chi connectivity index (χ3n) is 2.58. The normalized spacial score (nSPS) is 11.1. The molecule has 0 unspecified atom stereocenters. The van der Waals surface area contributed by atoms with E-state index in [1.54, 1.807) is 35.4 Å². The molecule has 0 saturated heterocycles. The van der Waals surface area contributed by atoms with Crippen LogP contribution in [0.5, 0.6) is 0 Å². The molecule has 0 aliphatic carbocycles. The molecule has 0 aliphatic heterocycles. The number of imidazole rings is 1. The van der Waals surface area contributed by atoms with E-state index < -0.39 is 0 Å². The van der Waals surface area contributed by atoms with Gasteiger partial charge in [0.05, 0.1) is 18.6 Å². The Labute approximate surface area is 108 Å². The van der Waals surface area contributed by atoms with Gasteiger partial charge in [-0.05, 0) is 35.8 Å². The predicted octanol–water partition coefficient (Wildman–Crippen LogP) is 2.44. The van der Waals surface area contributed by atoms with Crippen LogP contribution in [0.2, 0.25) is 0 Å². The van der Waals surface area contributed by atoms with E-state index in [9.17, 15) is 4.79 Å². The van der Waals surface area contributed by atoms with Gasteiger partial charge in [-0.2, -0.15) is 0 Å². The minimum Gasteiger partial charge on any atom is -0.330 e. The van der Waals surface area contributed by atoms with Crippen LogP contribution < -0.4 is 5.56 Å². The van der Waals surface area contributed by atoms with E-state index in [1.807, 2.05) is 0 Å². The van der Waals surface area contributed by atoms with Crippen LogP contribution in [0.1, 0.15) is 25.6 Å². The van der Waals surface area contributed by atoms with Crippen molar-refractivity contribution in [1.82, 2.24) is 14.1 Å². The average molecular weight is 296 g/mol. The SMILES string of the molecule is CC(C)n1cncc1Cn1cc(Br)ccc1=O. The van der Waals surface area contributed by atoms with Gasteiger partial charge < -0.3 is 9.13 Å². The van der Waals surface area contributed by atoms with E-state index in [1.165, 1.54) is 0 Å². The molecular formula is C12H14BrN3O. The van der Waals surface area contributed by atoms with Gasteiger partial charge in [-0.15, -0.1) is 0 Å². The van der Waals surface area contributed by atoms with E-state index in [0.717, 1.165) is 10.2 Å². The van der Waals surface area contributed by atoms with Gasteiger partial charge in [-0.1, -0.05) is 0 Å². The van der Waals surface area contributed by atoms with Crippen LogP contribution in [0, 0.1) is 0 Å². The minimum absolute atomic E-state index is 0.00953. The van der Waals surface area contributed by atoms with Crippen molar-refractivity contribution in [2.24, 2.45) is 0 Å². The largest absolute Gasteiger partial charge is 0.330 e. The van der Waals surface area contributed by atoms with Crippen LogP contribution in [-0.2, 0) is 6.54 Å². The Morgan fingerprint density at radius 1 is 1.41 bits per heavy atom. The first-order valence-electron chi connectivity index (χ1n) is 5.44. The molecule has 0 amide bonds. The number of rotatable bonds is 3. The first-order valence-corrected chi connectivity index (χ1v) is 6.24. The molecule has 0 bridgehead atoms. The zero-order valence-corrected chi connectivity index (χ0v) is 11.4. The third-order valence-corrected chi connectivity index (χ3v) is 3.05. The van der Waals surface area contributed by atoms with Crippen molar-refractivity contribution in [3.63, 3.8) is 0 Å². The van der Waals surface area contributed by atoms with E-state index >= 15 is 0 Å². The number of aromatic nitrogens is 3. The summed E-state index contributed by atoms with van der Waals surface area (Å²) in [7, 11) is 0. The maximum absolute atomic E-state index is 11.7. The summed E-state index contributed by atoms with van der Waals surface area (Å²) in [6, 6.07) is 3.65. The van der Waals surface area contributed by atoms with Crippen molar-refractivity contribution in [2.75, 3.05) is 0 Å². The standard InChI is InChI=1S/C12H14BrN3O/c1-9(2)16-8-14-5-11(16)7-15-6-10(13)3-4-12(15)17/h3-6,8-9H,7H2,1-2H3. The van der Waals surface area contributed by atoms with Gasteiger partial charge in [0.2, 0.25) is 0 Å². The van der Waals surface area contributed by atoms with Crippen LogP contribution in [0.3, 0.4) is 0 Å². The molecule has 2 heterocycles. The van der Waals surface area contributed by atoms with Crippen LogP contribution in [0.15, 0.2) is 40.1 Å². The van der Waals surface area contributed by atoms with Crippen molar-refractivity contribution in [2.45, 2.75) is 26.4 Å². The van der Waals surface area contributed by atoms with E-state index in [2.05, 4.69) is 39.3 Å². The zero-order valence-electron chi connectivity index (χ0n) is 9.80. The molecule has 0 spiro atoms. The van der Waals surface area contributed by atoms with Crippen LogP contribution in [0.4, 0.5) is 0 Å². The Morgan fingerprint density at radius 3 is 2.88 bits per heavy atom. The summed E-state index contributed by atoms with van der Waals surface area (Å²) in [5.41, 5.74) is 1.02. The van der Waals surface area contributed by atoms with Gasteiger partial charge in [0, 0.05) is 29.0 Å². The fraction of sp³-hybridized carbons (Fsp3) is 0.333. The van der Waals surface area contributed by atoms with Gasteiger partial charge in [0.25, 0.3) is 5.56 Å². The summed E-state index contributed by atoms with van der Waals surface area (Å²) >= 11 is 3.37. The Morgan fingerprint density at radius 2 is 2.18 bits per heavy atom. The summed E-state index contributed by atoms with van der Waals surface area (Å²) in [6.45, 7) is 4.72. The van der Waals surface area contributed by atoms with Crippen LogP contribution in [-0.4, -0.2) is 14.1 Å². The molecule has 0 aromatic carbocycles. The lowest BCUT2D eigenvalue weighted by atomic mass is 10.3. The fourth-order valence-corrected chi connectivity index (χ4v) is 2.10. The quantitative estimate of drug-likeness (QED) is 0.872. The van der Waals surface area contributed by atoms with Gasteiger partial charge in [-0.3, -0.25) is 4.79 Å². The Balaban J connectivity index is 2.35. The lowest BCUT2D eigenvalue weighted by Crippen LogP contribution is -2.20. The molecule has 2 aromatic heterocycles. The molecule has 2 aromatic rings. The summed E-state index contributed by atoms with van der Waals surface area (Å²) in [6.07, 6.45) is 5.39. The maximum atomic E-state index is 11.7. The molecule has 90 valence electrons. The molecule has 2 rings (SSSR count). The molecular weight excluding hydrogens is 282 g/mol. The number of hydrogen-bond acceptors (Lipinski definition) is 2. The van der Waals surface area contributed by atoms with E-state index in [4.69, 9.17) is 0 Å². The molecule has 17 heavy (non-hydrogen) atoms. The topological polar surface area (TPSA) is 39.8 Å². The van der Waals surface area contributed by atoms with Crippen LogP contribution in [0.25, 0.3) is 0 Å². The predicted molar refractivity (Wildman–Crippen MR) is 70.1 cm³/mol. The highest BCUT2D eigenvalue weighted by Gasteiger charge is 2.06. The summed E-state index contributed by atoms with van der Waals surface area (Å²) in [5, 5.41) is 0. The molecule has 0 N–H and O–H groups in total. The first kappa shape index (κ1) is 12.1. The van der Waals surface area contributed by atoms with Gasteiger partial charge >= 0.3 is 0 Å². The van der Waals surface area contributed by atoms with Gasteiger partial charge in [0.15, 0.2) is 0 Å². The van der Waals surface area contributed by atoms with Crippen molar-refractivity contribution >= 4 is 15.9 Å². The lowest BCUT2D eigenvalue weighted by molar-refractivity contribution is 0.557. The monoisotopic (exact) mass is 295 g/mol. The second-order valence-corrected chi connectivity index (χ2v) is 5.12. The number of pyridine rings is 1. The second-order valence-electron chi connectivity index (χ2n) is 4.20. The molecule has 0 fully saturated rings. The average Bonchev–Trinajstić information content (AvgIpc) is 2.71. The number of hydrogen-bond donors (Lipinski definition) is 0. The van der Waals surface area contributed by atoms with Gasteiger partial charge in [-0.25, -0.2) is 4.98 Å². The highest BCUT2D eigenvalue weighted by Crippen LogP contribution is 2.11. The highest BCUT2D eigenvalue weighted by molar-refractivity contribution is 9.10. The van der Waals surface area contributed by atoms with E-state index in [-0.39, 0.29) is 5.56 Å². The Bertz CT molecular complexity index is 571. The fourth-order valence-electron chi connectivity index (χ4n) is 1.72. The van der Waals surface area contributed by atoms with Crippen molar-refractivity contribution < 1.29 is 0 Å². The van der Waals surface area contributed by atoms with Crippen LogP contribution >= 0.6 is 15.9 Å². The van der Waals surface area contributed by atoms with Crippen molar-refractivity contribution in [3.05, 3.63) is 51.4 Å². The molecule has 0 atom stereocenters. The Hall–Kier alpha value is -1.36. The summed E-state index contributed by atoms with van der Waals surface area (Å²) in [4.78, 5) is 15.8. The molecule has 0 radical (unpaired) electrons. The number of nitrogens with zero attached hydrogens (tertiary/aromatic N) is 3. The summed E-state index contributed by atoms with van der Waals surface area (Å²) < 4.78 is 4.63. The number of halogens is 1. The van der Waals surface area contributed by atoms with Crippen molar-refractivity contribution in [1.29, 1.82) is 0 Å². The first-order chi connectivity index (χ1) is 8.08. The van der Waals surface area contributed by atoms with Gasteiger partial charge in [0.1, 0.15) is 0 Å². The smallest absolute Gasteiger partial charge is 0.250 e. The maximum Gasteiger partial charge on any atom is 0.250 e.